The number of ether oxygens (including phenoxy) is 3. The first-order valence-electron chi connectivity index (χ1n) is 9.26. The second-order valence-corrected chi connectivity index (χ2v) is 7.03. The summed E-state index contributed by atoms with van der Waals surface area (Å²) in [6.07, 6.45) is 2.97. The Balaban J connectivity index is 2.15. The molecule has 0 saturated heterocycles. The Morgan fingerprint density at radius 1 is 1.34 bits per heavy atom. The minimum atomic E-state index is -0.544. The van der Waals surface area contributed by atoms with Crippen LogP contribution in [-0.2, 0) is 9.53 Å². The Morgan fingerprint density at radius 3 is 2.79 bits per heavy atom. The van der Waals surface area contributed by atoms with Gasteiger partial charge in [0.05, 0.1) is 23.3 Å². The number of anilines is 1. The van der Waals surface area contributed by atoms with Crippen molar-refractivity contribution < 1.29 is 19.0 Å². The molecule has 0 aliphatic carbocycles. The molecule has 2 heterocycles. The maximum Gasteiger partial charge on any atom is 0.338 e. The van der Waals surface area contributed by atoms with Crippen molar-refractivity contribution in [3.05, 3.63) is 52.4 Å². The van der Waals surface area contributed by atoms with Crippen LogP contribution in [0.3, 0.4) is 0 Å². The Morgan fingerprint density at radius 2 is 2.10 bits per heavy atom. The molecular formula is C20H23BrN4O4. The molecule has 8 nitrogen and oxygen atoms in total. The summed E-state index contributed by atoms with van der Waals surface area (Å²) in [6, 6.07) is 3.20. The topological polar surface area (TPSA) is 87.5 Å². The zero-order chi connectivity index (χ0) is 21.0. The SMILES string of the molecule is C=CCOC(=O)C1=C(C)Nc2ncnn2C1c1cc(Br)c(OCC)c(OCC)c1. The van der Waals surface area contributed by atoms with Gasteiger partial charge in [0.25, 0.3) is 0 Å². The first kappa shape index (κ1) is 20.9. The molecule has 1 N–H and O–H groups in total. The number of carbonyl (C=O) groups is 1. The molecule has 1 aromatic carbocycles. The molecule has 0 radical (unpaired) electrons. The number of nitrogens with one attached hydrogen (secondary N) is 1. The molecule has 0 saturated carbocycles. The van der Waals surface area contributed by atoms with Crippen molar-refractivity contribution in [2.24, 2.45) is 0 Å². The van der Waals surface area contributed by atoms with Gasteiger partial charge in [-0.25, -0.2) is 9.48 Å². The van der Waals surface area contributed by atoms with Crippen molar-refractivity contribution in [2.45, 2.75) is 26.8 Å². The lowest BCUT2D eigenvalue weighted by molar-refractivity contribution is -0.138. The van der Waals surface area contributed by atoms with Gasteiger partial charge in [0.1, 0.15) is 19.0 Å². The maximum atomic E-state index is 12.9. The van der Waals surface area contributed by atoms with E-state index in [1.165, 1.54) is 12.4 Å². The van der Waals surface area contributed by atoms with Crippen molar-refractivity contribution in [2.75, 3.05) is 25.1 Å². The Labute approximate surface area is 177 Å². The van der Waals surface area contributed by atoms with E-state index >= 15 is 0 Å². The minimum Gasteiger partial charge on any atom is -0.490 e. The smallest absolute Gasteiger partial charge is 0.338 e. The van der Waals surface area contributed by atoms with Gasteiger partial charge in [0.15, 0.2) is 11.5 Å². The van der Waals surface area contributed by atoms with E-state index in [0.717, 1.165) is 10.0 Å². The van der Waals surface area contributed by atoms with Crippen LogP contribution in [0.15, 0.2) is 46.9 Å². The molecule has 0 bridgehead atoms. The van der Waals surface area contributed by atoms with Crippen LogP contribution < -0.4 is 14.8 Å². The highest BCUT2D eigenvalue weighted by molar-refractivity contribution is 9.10. The lowest BCUT2D eigenvalue weighted by atomic mass is 9.95. The molecular weight excluding hydrogens is 440 g/mol. The molecule has 0 amide bonds. The zero-order valence-electron chi connectivity index (χ0n) is 16.6. The number of nitrogens with zero attached hydrogens (tertiary/aromatic N) is 3. The maximum absolute atomic E-state index is 12.9. The molecule has 1 unspecified atom stereocenters. The summed E-state index contributed by atoms with van der Waals surface area (Å²) in [4.78, 5) is 17.1. The summed E-state index contributed by atoms with van der Waals surface area (Å²) >= 11 is 3.57. The fourth-order valence-electron chi connectivity index (χ4n) is 3.17. The van der Waals surface area contributed by atoms with E-state index in [-0.39, 0.29) is 6.61 Å². The second kappa shape index (κ2) is 9.13. The fraction of sp³-hybridized carbons (Fsp3) is 0.350. The van der Waals surface area contributed by atoms with Crippen LogP contribution >= 0.6 is 15.9 Å². The number of aromatic nitrogens is 3. The number of allylic oxidation sites excluding steroid dienone is 1. The average molecular weight is 463 g/mol. The molecule has 0 spiro atoms. The molecule has 2 aromatic rings. The van der Waals surface area contributed by atoms with Crippen molar-refractivity contribution in [3.8, 4) is 11.5 Å². The quantitative estimate of drug-likeness (QED) is 0.470. The van der Waals surface area contributed by atoms with Crippen molar-refractivity contribution in [3.63, 3.8) is 0 Å². The van der Waals surface area contributed by atoms with Gasteiger partial charge in [-0.1, -0.05) is 12.7 Å². The largest absolute Gasteiger partial charge is 0.490 e. The third kappa shape index (κ3) is 4.14. The highest BCUT2D eigenvalue weighted by Crippen LogP contribution is 2.42. The van der Waals surface area contributed by atoms with E-state index in [4.69, 9.17) is 14.2 Å². The third-order valence-electron chi connectivity index (χ3n) is 4.28. The van der Waals surface area contributed by atoms with Crippen LogP contribution in [-0.4, -0.2) is 40.6 Å². The number of rotatable bonds is 8. The van der Waals surface area contributed by atoms with E-state index in [9.17, 15) is 4.79 Å². The van der Waals surface area contributed by atoms with Gasteiger partial charge in [-0.2, -0.15) is 10.1 Å². The molecule has 1 atom stereocenters. The molecule has 0 fully saturated rings. The fourth-order valence-corrected chi connectivity index (χ4v) is 3.74. The molecule has 29 heavy (non-hydrogen) atoms. The summed E-state index contributed by atoms with van der Waals surface area (Å²) in [5, 5.41) is 7.43. The lowest BCUT2D eigenvalue weighted by Crippen LogP contribution is -2.29. The number of halogens is 1. The number of fused-ring (bicyclic) bond motifs is 1. The Kier molecular flexibility index (Phi) is 6.58. The highest BCUT2D eigenvalue weighted by atomic mass is 79.9. The van der Waals surface area contributed by atoms with Crippen molar-refractivity contribution in [1.29, 1.82) is 0 Å². The summed E-state index contributed by atoms with van der Waals surface area (Å²) in [7, 11) is 0. The first-order chi connectivity index (χ1) is 14.0. The average Bonchev–Trinajstić information content (AvgIpc) is 3.15. The molecule has 1 aliphatic rings. The Hall–Kier alpha value is -2.81. The number of esters is 1. The van der Waals surface area contributed by atoms with Gasteiger partial charge >= 0.3 is 5.97 Å². The van der Waals surface area contributed by atoms with Crippen LogP contribution in [0.4, 0.5) is 5.95 Å². The van der Waals surface area contributed by atoms with Crippen LogP contribution in [0, 0.1) is 0 Å². The second-order valence-electron chi connectivity index (χ2n) is 6.18. The minimum absolute atomic E-state index is 0.115. The summed E-state index contributed by atoms with van der Waals surface area (Å²) < 4.78 is 19.2. The van der Waals surface area contributed by atoms with Crippen LogP contribution in [0.1, 0.15) is 32.4 Å². The van der Waals surface area contributed by atoms with Crippen molar-refractivity contribution >= 4 is 27.8 Å². The van der Waals surface area contributed by atoms with E-state index < -0.39 is 12.0 Å². The number of hydrogen-bond donors (Lipinski definition) is 1. The van der Waals surface area contributed by atoms with Gasteiger partial charge in [-0.3, -0.25) is 0 Å². The Bertz CT molecular complexity index is 954. The van der Waals surface area contributed by atoms with E-state index in [2.05, 4.69) is 37.9 Å². The predicted octanol–water partition coefficient (Wildman–Crippen LogP) is 3.86. The van der Waals surface area contributed by atoms with Gasteiger partial charge < -0.3 is 19.5 Å². The summed E-state index contributed by atoms with van der Waals surface area (Å²) in [5.74, 6) is 1.28. The van der Waals surface area contributed by atoms with Gasteiger partial charge in [-0.05, 0) is 54.4 Å². The standard InChI is InChI=1S/C20H23BrN4O4/c1-5-8-29-19(26)16-12(4)24-20-22-11-23-25(20)17(16)13-9-14(21)18(28-7-3)15(10-13)27-6-2/h5,9-11,17H,1,6-8H2,2-4H3,(H,22,23,24). The van der Waals surface area contributed by atoms with E-state index in [0.29, 0.717) is 41.9 Å². The molecule has 1 aliphatic heterocycles. The summed E-state index contributed by atoms with van der Waals surface area (Å²) in [6.45, 7) is 10.3. The zero-order valence-corrected chi connectivity index (χ0v) is 18.2. The van der Waals surface area contributed by atoms with E-state index in [1.54, 1.807) is 4.68 Å². The molecule has 154 valence electrons. The molecule has 1 aromatic heterocycles. The monoisotopic (exact) mass is 462 g/mol. The molecule has 9 heteroatoms. The number of carbonyl (C=O) groups excluding carboxylic acids is 1. The van der Waals surface area contributed by atoms with E-state index in [1.807, 2.05) is 32.9 Å². The number of hydrogen-bond acceptors (Lipinski definition) is 7. The van der Waals surface area contributed by atoms with Crippen LogP contribution in [0.2, 0.25) is 0 Å². The van der Waals surface area contributed by atoms with Crippen molar-refractivity contribution in [1.82, 2.24) is 14.8 Å². The third-order valence-corrected chi connectivity index (χ3v) is 4.87. The molecule has 3 rings (SSSR count). The highest BCUT2D eigenvalue weighted by Gasteiger charge is 2.35. The van der Waals surface area contributed by atoms with Gasteiger partial charge in [0, 0.05) is 5.70 Å². The van der Waals surface area contributed by atoms with Gasteiger partial charge in [0.2, 0.25) is 5.95 Å². The normalized spacial score (nSPS) is 15.4. The van der Waals surface area contributed by atoms with Gasteiger partial charge in [-0.15, -0.1) is 0 Å². The lowest BCUT2D eigenvalue weighted by Gasteiger charge is -2.29. The summed E-state index contributed by atoms with van der Waals surface area (Å²) in [5.41, 5.74) is 1.86. The van der Waals surface area contributed by atoms with Crippen LogP contribution in [0.5, 0.6) is 11.5 Å². The predicted molar refractivity (Wildman–Crippen MR) is 112 cm³/mol. The van der Waals surface area contributed by atoms with Crippen LogP contribution in [0.25, 0.3) is 0 Å². The first-order valence-corrected chi connectivity index (χ1v) is 10.0. The number of benzene rings is 1.